The van der Waals surface area contributed by atoms with Gasteiger partial charge in [0.05, 0.1) is 7.11 Å². The smallest absolute Gasteiger partial charge is 0.408 e. The van der Waals surface area contributed by atoms with Crippen molar-refractivity contribution < 1.29 is 19.1 Å². The topological polar surface area (TPSA) is 77.5 Å². The number of rotatable bonds is 4. The van der Waals surface area contributed by atoms with Gasteiger partial charge in [-0.2, -0.15) is 0 Å². The molecule has 7 heteroatoms. The van der Waals surface area contributed by atoms with E-state index in [9.17, 15) is 9.59 Å². The summed E-state index contributed by atoms with van der Waals surface area (Å²) in [5.74, 6) is 0.265. The van der Waals surface area contributed by atoms with Crippen LogP contribution in [0.15, 0.2) is 16.7 Å². The Morgan fingerprint density at radius 3 is 2.65 bits per heavy atom. The maximum Gasteiger partial charge on any atom is 0.408 e. The fraction of sp³-hybridized carbons (Fsp3) is 0.462. The van der Waals surface area contributed by atoms with Crippen LogP contribution in [0.2, 0.25) is 0 Å². The van der Waals surface area contributed by atoms with E-state index >= 15 is 0 Å². The van der Waals surface area contributed by atoms with Crippen LogP contribution in [0.25, 0.3) is 0 Å². The van der Waals surface area contributed by atoms with Crippen LogP contribution in [-0.4, -0.2) is 30.1 Å². The number of hydrogen-bond acceptors (Lipinski definition) is 5. The molecular weight excluding hydrogens is 328 g/mol. The van der Waals surface area contributed by atoms with Crippen molar-refractivity contribution in [3.05, 3.63) is 22.3 Å². The first-order valence-electron chi connectivity index (χ1n) is 5.91. The second-order valence-corrected chi connectivity index (χ2v) is 5.93. The zero-order chi connectivity index (χ0) is 15.3. The summed E-state index contributed by atoms with van der Waals surface area (Å²) < 4.78 is 10.9. The molecule has 20 heavy (non-hydrogen) atoms. The highest BCUT2D eigenvalue weighted by Gasteiger charge is 2.23. The molecule has 0 saturated heterocycles. The van der Waals surface area contributed by atoms with Crippen molar-refractivity contribution in [1.29, 1.82) is 0 Å². The largest absolute Gasteiger partial charge is 0.481 e. The minimum atomic E-state index is -0.898. The van der Waals surface area contributed by atoms with E-state index in [1.807, 2.05) is 0 Å². The molecule has 1 unspecified atom stereocenters. The molecule has 1 atom stereocenters. The number of pyridine rings is 1. The Morgan fingerprint density at radius 2 is 2.15 bits per heavy atom. The van der Waals surface area contributed by atoms with Crippen LogP contribution in [0.5, 0.6) is 5.88 Å². The summed E-state index contributed by atoms with van der Waals surface area (Å²) in [5, 5.41) is 2.47. The highest BCUT2D eigenvalue weighted by Crippen LogP contribution is 2.25. The molecule has 0 aliphatic heterocycles. The molecule has 0 aromatic carbocycles. The van der Waals surface area contributed by atoms with E-state index in [1.165, 1.54) is 13.3 Å². The van der Waals surface area contributed by atoms with Crippen LogP contribution in [0.1, 0.15) is 32.4 Å². The van der Waals surface area contributed by atoms with E-state index in [0.717, 1.165) is 0 Å². The Bertz CT molecular complexity index is 500. The zero-order valence-electron chi connectivity index (χ0n) is 11.8. The number of nitrogens with one attached hydrogen (secondary N) is 1. The monoisotopic (exact) mass is 344 g/mol. The lowest BCUT2D eigenvalue weighted by atomic mass is 10.1. The average Bonchev–Trinajstić information content (AvgIpc) is 2.33. The van der Waals surface area contributed by atoms with Gasteiger partial charge in [-0.1, -0.05) is 0 Å². The van der Waals surface area contributed by atoms with Gasteiger partial charge in [0.25, 0.3) is 0 Å². The molecule has 1 heterocycles. The first-order chi connectivity index (χ1) is 9.26. The Morgan fingerprint density at radius 1 is 1.50 bits per heavy atom. The molecule has 0 radical (unpaired) electrons. The third kappa shape index (κ3) is 4.80. The summed E-state index contributed by atoms with van der Waals surface area (Å²) in [4.78, 5) is 27.0. The van der Waals surface area contributed by atoms with Crippen LogP contribution in [-0.2, 0) is 9.53 Å². The van der Waals surface area contributed by atoms with Gasteiger partial charge in [-0.3, -0.25) is 0 Å². The van der Waals surface area contributed by atoms with Crippen molar-refractivity contribution in [2.24, 2.45) is 0 Å². The minimum absolute atomic E-state index is 0.265. The van der Waals surface area contributed by atoms with Crippen LogP contribution in [0, 0.1) is 0 Å². The van der Waals surface area contributed by atoms with E-state index in [-0.39, 0.29) is 5.88 Å². The lowest BCUT2D eigenvalue weighted by Gasteiger charge is -2.22. The number of aromatic nitrogens is 1. The molecule has 1 aromatic heterocycles. The number of carbonyl (C=O) groups is 2. The van der Waals surface area contributed by atoms with Crippen molar-refractivity contribution in [1.82, 2.24) is 10.3 Å². The van der Waals surface area contributed by atoms with Gasteiger partial charge in [-0.15, -0.1) is 0 Å². The van der Waals surface area contributed by atoms with E-state index in [2.05, 4.69) is 26.2 Å². The molecular formula is C13H17BrN2O4. The quantitative estimate of drug-likeness (QED) is 0.849. The molecule has 0 saturated carbocycles. The molecule has 0 bridgehead atoms. The molecule has 6 nitrogen and oxygen atoms in total. The van der Waals surface area contributed by atoms with Gasteiger partial charge in [-0.05, 0) is 42.8 Å². The van der Waals surface area contributed by atoms with Crippen molar-refractivity contribution in [2.45, 2.75) is 32.4 Å². The van der Waals surface area contributed by atoms with Crippen LogP contribution in [0.3, 0.4) is 0 Å². The Kier molecular flexibility index (Phi) is 5.50. The summed E-state index contributed by atoms with van der Waals surface area (Å²) in [6.45, 7) is 5.22. The van der Waals surface area contributed by atoms with Crippen molar-refractivity contribution >= 4 is 28.3 Å². The van der Waals surface area contributed by atoms with Crippen LogP contribution >= 0.6 is 15.9 Å². The number of nitrogens with zero attached hydrogens (tertiary/aromatic N) is 1. The number of alkyl carbamates (subject to hydrolysis) is 1. The summed E-state index contributed by atoms with van der Waals surface area (Å²) in [7, 11) is 1.44. The lowest BCUT2D eigenvalue weighted by Crippen LogP contribution is -2.35. The second-order valence-electron chi connectivity index (χ2n) is 5.01. The van der Waals surface area contributed by atoms with E-state index < -0.39 is 17.7 Å². The Balaban J connectivity index is 2.94. The van der Waals surface area contributed by atoms with Gasteiger partial charge in [-0.25, -0.2) is 9.78 Å². The average molecular weight is 345 g/mol. The van der Waals surface area contributed by atoms with Gasteiger partial charge >= 0.3 is 6.09 Å². The van der Waals surface area contributed by atoms with Crippen LogP contribution < -0.4 is 10.1 Å². The third-order valence-electron chi connectivity index (χ3n) is 2.18. The number of aldehydes is 1. The number of halogens is 1. The Hall–Kier alpha value is -1.63. The summed E-state index contributed by atoms with van der Waals surface area (Å²) in [6, 6.07) is 0.757. The van der Waals surface area contributed by atoms with E-state index in [0.29, 0.717) is 16.3 Å². The molecule has 1 N–H and O–H groups in total. The van der Waals surface area contributed by atoms with Crippen molar-refractivity contribution in [3.8, 4) is 5.88 Å². The maximum absolute atomic E-state index is 11.7. The maximum atomic E-state index is 11.7. The number of methoxy groups -OCH3 is 1. The standard InChI is InChI=1S/C13H17BrN2O4/c1-13(2,3)20-12(18)16-10(7-17)9-5-8(14)6-15-11(9)19-4/h5-7,10H,1-4H3,(H,16,18). The predicted octanol–water partition coefficient (Wildman–Crippen LogP) is 2.62. The van der Waals surface area contributed by atoms with Crippen LogP contribution in [0.4, 0.5) is 4.79 Å². The molecule has 1 amide bonds. The Labute approximate surface area is 126 Å². The predicted molar refractivity (Wildman–Crippen MR) is 76.7 cm³/mol. The number of ether oxygens (including phenoxy) is 2. The molecule has 1 aromatic rings. The first-order valence-corrected chi connectivity index (χ1v) is 6.70. The van der Waals surface area contributed by atoms with Gasteiger partial charge in [0.15, 0.2) is 0 Å². The van der Waals surface area contributed by atoms with Gasteiger partial charge < -0.3 is 19.6 Å². The SMILES string of the molecule is COc1ncc(Br)cc1C(C=O)NC(=O)OC(C)(C)C. The highest BCUT2D eigenvalue weighted by molar-refractivity contribution is 9.10. The fourth-order valence-electron chi connectivity index (χ4n) is 1.46. The van der Waals surface area contributed by atoms with E-state index in [1.54, 1.807) is 26.8 Å². The summed E-state index contributed by atoms with van der Waals surface area (Å²) in [6.07, 6.45) is 1.45. The van der Waals surface area contributed by atoms with E-state index in [4.69, 9.17) is 9.47 Å². The summed E-state index contributed by atoms with van der Waals surface area (Å²) >= 11 is 3.26. The highest BCUT2D eigenvalue weighted by atomic mass is 79.9. The molecule has 0 fully saturated rings. The number of hydrogen-bond donors (Lipinski definition) is 1. The molecule has 0 aliphatic rings. The van der Waals surface area contributed by atoms with Gasteiger partial charge in [0.2, 0.25) is 5.88 Å². The second kappa shape index (κ2) is 6.69. The minimum Gasteiger partial charge on any atom is -0.481 e. The van der Waals surface area contributed by atoms with Gasteiger partial charge in [0.1, 0.15) is 17.9 Å². The fourth-order valence-corrected chi connectivity index (χ4v) is 1.80. The van der Waals surface area contributed by atoms with Gasteiger partial charge in [0, 0.05) is 16.2 Å². The molecule has 1 rings (SSSR count). The number of carbonyl (C=O) groups excluding carboxylic acids is 2. The normalized spacial score (nSPS) is 12.4. The molecule has 110 valence electrons. The first kappa shape index (κ1) is 16.4. The van der Waals surface area contributed by atoms with Crippen molar-refractivity contribution in [3.63, 3.8) is 0 Å². The zero-order valence-corrected chi connectivity index (χ0v) is 13.4. The summed E-state index contributed by atoms with van der Waals surface area (Å²) in [5.41, 5.74) is -0.195. The molecule has 0 aliphatic carbocycles. The lowest BCUT2D eigenvalue weighted by molar-refractivity contribution is -0.109. The molecule has 0 spiro atoms. The van der Waals surface area contributed by atoms with Crippen molar-refractivity contribution in [2.75, 3.05) is 7.11 Å². The number of amides is 1. The third-order valence-corrected chi connectivity index (χ3v) is 2.62.